The van der Waals surface area contributed by atoms with E-state index < -0.39 is 17.3 Å². The maximum Gasteiger partial charge on any atom is 0.337 e. The summed E-state index contributed by atoms with van der Waals surface area (Å²) in [6, 6.07) is 12.1. The van der Waals surface area contributed by atoms with E-state index in [0.717, 1.165) is 11.1 Å². The van der Waals surface area contributed by atoms with Crippen molar-refractivity contribution in [2.75, 3.05) is 23.3 Å². The van der Waals surface area contributed by atoms with Crippen LogP contribution in [-0.2, 0) is 0 Å². The Morgan fingerprint density at radius 2 is 1.97 bits per heavy atom. The lowest BCUT2D eigenvalue weighted by Gasteiger charge is -2.60. The van der Waals surface area contributed by atoms with Crippen molar-refractivity contribution < 1.29 is 18.7 Å². The molecule has 1 atom stereocenters. The third-order valence-corrected chi connectivity index (χ3v) is 7.01. The fourth-order valence-corrected chi connectivity index (χ4v) is 4.95. The minimum absolute atomic E-state index is 0.0974. The summed E-state index contributed by atoms with van der Waals surface area (Å²) in [6.45, 7) is 4.09. The number of alkyl halides is 2. The number of nitriles is 1. The molecule has 174 valence electrons. The summed E-state index contributed by atoms with van der Waals surface area (Å²) in [5, 5.41) is 22.4. The number of nitrogens with one attached hydrogen (secondary N) is 1. The summed E-state index contributed by atoms with van der Waals surface area (Å²) in [7, 11) is 0. The van der Waals surface area contributed by atoms with Gasteiger partial charge in [-0.15, -0.1) is 0 Å². The highest BCUT2D eigenvalue weighted by atomic mass is 19.3. The number of nitrogens with zero attached hydrogens (tertiary/aromatic N) is 4. The van der Waals surface area contributed by atoms with E-state index in [0.29, 0.717) is 29.0 Å². The van der Waals surface area contributed by atoms with Crippen LogP contribution in [0.3, 0.4) is 0 Å². The van der Waals surface area contributed by atoms with E-state index in [-0.39, 0.29) is 36.8 Å². The highest BCUT2D eigenvalue weighted by Crippen LogP contribution is 2.59. The number of fused-ring (bicyclic) bond motifs is 1. The molecule has 2 aromatic carbocycles. The number of aromatic nitrogens is 2. The fourth-order valence-electron chi connectivity index (χ4n) is 4.95. The van der Waals surface area contributed by atoms with Crippen LogP contribution in [0, 0.1) is 23.7 Å². The monoisotopic (exact) mass is 463 g/mol. The number of hydrogen-bond donors (Lipinski definition) is 2. The first-order valence-corrected chi connectivity index (χ1v) is 11.1. The first-order chi connectivity index (χ1) is 16.1. The SMILES string of the molecule is Cc1cc([C@@H](C)Nc2ccccc2C(=O)O)c2nc(N3CC4(CCC4(F)F)C3)c(C#N)nc2c1. The summed E-state index contributed by atoms with van der Waals surface area (Å²) in [5.41, 5.74) is 2.46. The molecule has 1 saturated heterocycles. The number of benzene rings is 2. The van der Waals surface area contributed by atoms with Gasteiger partial charge >= 0.3 is 5.97 Å². The van der Waals surface area contributed by atoms with Crippen LogP contribution < -0.4 is 10.2 Å². The molecular formula is C25H23F2N5O2. The smallest absolute Gasteiger partial charge is 0.337 e. The summed E-state index contributed by atoms with van der Waals surface area (Å²) in [6.07, 6.45) is 0.369. The topological polar surface area (TPSA) is 102 Å². The Morgan fingerprint density at radius 1 is 1.24 bits per heavy atom. The maximum atomic E-state index is 14.1. The molecule has 0 radical (unpaired) electrons. The second-order valence-corrected chi connectivity index (χ2v) is 9.29. The lowest BCUT2D eigenvalue weighted by atomic mass is 9.60. The largest absolute Gasteiger partial charge is 0.478 e. The minimum atomic E-state index is -2.68. The minimum Gasteiger partial charge on any atom is -0.478 e. The highest BCUT2D eigenvalue weighted by Gasteiger charge is 2.67. The number of anilines is 2. The second kappa shape index (κ2) is 7.62. The van der Waals surface area contributed by atoms with E-state index in [1.807, 2.05) is 26.0 Å². The normalized spacial score (nSPS) is 18.6. The number of hydrogen-bond acceptors (Lipinski definition) is 6. The molecule has 1 aliphatic carbocycles. The van der Waals surface area contributed by atoms with Crippen LogP contribution >= 0.6 is 0 Å². The van der Waals surface area contributed by atoms with E-state index >= 15 is 0 Å². The van der Waals surface area contributed by atoms with Crippen molar-refractivity contribution in [1.82, 2.24) is 9.97 Å². The molecular weight excluding hydrogens is 440 g/mol. The van der Waals surface area contributed by atoms with E-state index in [1.54, 1.807) is 23.1 Å². The van der Waals surface area contributed by atoms with Gasteiger partial charge in [0.1, 0.15) is 6.07 Å². The van der Waals surface area contributed by atoms with Gasteiger partial charge in [0.25, 0.3) is 5.92 Å². The van der Waals surface area contributed by atoms with Crippen LogP contribution in [0.15, 0.2) is 36.4 Å². The van der Waals surface area contributed by atoms with Crippen molar-refractivity contribution in [1.29, 1.82) is 5.26 Å². The fraction of sp³-hybridized carbons (Fsp3) is 0.360. The van der Waals surface area contributed by atoms with Crippen molar-refractivity contribution in [3.63, 3.8) is 0 Å². The molecule has 2 aliphatic rings. The molecule has 2 N–H and O–H groups in total. The van der Waals surface area contributed by atoms with Crippen molar-refractivity contribution in [3.8, 4) is 6.07 Å². The number of carbonyl (C=O) groups is 1. The molecule has 2 heterocycles. The maximum absolute atomic E-state index is 14.1. The molecule has 1 saturated carbocycles. The van der Waals surface area contributed by atoms with Crippen LogP contribution in [0.2, 0.25) is 0 Å². The first-order valence-electron chi connectivity index (χ1n) is 11.1. The van der Waals surface area contributed by atoms with E-state index in [4.69, 9.17) is 4.98 Å². The van der Waals surface area contributed by atoms with Gasteiger partial charge in [0.05, 0.1) is 28.1 Å². The van der Waals surface area contributed by atoms with Gasteiger partial charge in [-0.1, -0.05) is 18.2 Å². The average Bonchev–Trinajstić information content (AvgIpc) is 2.76. The number of para-hydroxylation sites is 1. The molecule has 0 unspecified atom stereocenters. The van der Waals surface area contributed by atoms with Gasteiger partial charge in [0.15, 0.2) is 11.5 Å². The molecule has 1 spiro atoms. The van der Waals surface area contributed by atoms with Gasteiger partial charge in [-0.05, 0) is 44.0 Å². The first kappa shape index (κ1) is 22.0. The molecule has 34 heavy (non-hydrogen) atoms. The third-order valence-electron chi connectivity index (χ3n) is 7.01. The van der Waals surface area contributed by atoms with Crippen LogP contribution in [-0.4, -0.2) is 40.1 Å². The average molecular weight is 463 g/mol. The zero-order valence-electron chi connectivity index (χ0n) is 18.8. The number of carboxylic acids is 1. The summed E-state index contributed by atoms with van der Waals surface area (Å²) < 4.78 is 28.2. The Kier molecular flexibility index (Phi) is 4.93. The Hall–Kier alpha value is -3.80. The van der Waals surface area contributed by atoms with Crippen LogP contribution in [0.5, 0.6) is 0 Å². The summed E-state index contributed by atoms with van der Waals surface area (Å²) in [4.78, 5) is 22.6. The summed E-state index contributed by atoms with van der Waals surface area (Å²) in [5.74, 6) is -3.41. The lowest BCUT2D eigenvalue weighted by Crippen LogP contribution is -2.70. The van der Waals surface area contributed by atoms with Gasteiger partial charge in [-0.2, -0.15) is 5.26 Å². The van der Waals surface area contributed by atoms with E-state index in [9.17, 15) is 23.9 Å². The Bertz CT molecular complexity index is 1360. The van der Waals surface area contributed by atoms with Crippen LogP contribution in [0.25, 0.3) is 11.0 Å². The zero-order valence-corrected chi connectivity index (χ0v) is 18.8. The predicted molar refractivity (Wildman–Crippen MR) is 123 cm³/mol. The number of rotatable bonds is 5. The van der Waals surface area contributed by atoms with Crippen molar-refractivity contribution in [3.05, 3.63) is 58.8 Å². The third kappa shape index (κ3) is 3.33. The van der Waals surface area contributed by atoms with Gasteiger partial charge in [0.2, 0.25) is 0 Å². The molecule has 5 rings (SSSR count). The summed E-state index contributed by atoms with van der Waals surface area (Å²) >= 11 is 0. The van der Waals surface area contributed by atoms with E-state index in [2.05, 4.69) is 16.4 Å². The highest BCUT2D eigenvalue weighted by molar-refractivity contribution is 5.94. The second-order valence-electron chi connectivity index (χ2n) is 9.29. The Morgan fingerprint density at radius 3 is 2.59 bits per heavy atom. The quantitative estimate of drug-likeness (QED) is 0.554. The number of aromatic carboxylic acids is 1. The molecule has 3 aromatic rings. The standard InChI is InChI=1S/C25H23F2N5O2/c1-14-9-17(15(2)29-18-6-4-3-5-16(18)23(33)34)21-19(10-14)30-20(11-28)22(31-21)32-12-24(13-32)7-8-25(24,26)27/h3-6,9-10,15,29H,7-8,12-13H2,1-2H3,(H,33,34)/t15-/m1/s1. The molecule has 7 nitrogen and oxygen atoms in total. The molecule has 1 aliphatic heterocycles. The molecule has 0 bridgehead atoms. The molecule has 0 amide bonds. The zero-order chi connectivity index (χ0) is 24.3. The number of aryl methyl sites for hydroxylation is 1. The van der Waals surface area contributed by atoms with Gasteiger partial charge in [-0.25, -0.2) is 23.5 Å². The molecule has 9 heteroatoms. The van der Waals surface area contributed by atoms with Gasteiger partial charge in [0, 0.05) is 30.8 Å². The van der Waals surface area contributed by atoms with Crippen LogP contribution in [0.4, 0.5) is 20.3 Å². The van der Waals surface area contributed by atoms with Gasteiger partial charge < -0.3 is 15.3 Å². The number of carboxylic acid groups (broad SMARTS) is 1. The Balaban J connectivity index is 1.53. The van der Waals surface area contributed by atoms with Crippen molar-refractivity contribution >= 4 is 28.5 Å². The molecule has 2 fully saturated rings. The molecule has 1 aromatic heterocycles. The van der Waals surface area contributed by atoms with E-state index in [1.165, 1.54) is 6.07 Å². The Labute approximate surface area is 195 Å². The van der Waals surface area contributed by atoms with Crippen molar-refractivity contribution in [2.45, 2.75) is 38.7 Å². The van der Waals surface area contributed by atoms with Crippen LogP contribution in [0.1, 0.15) is 53.0 Å². The van der Waals surface area contributed by atoms with Gasteiger partial charge in [-0.3, -0.25) is 0 Å². The van der Waals surface area contributed by atoms with Crippen molar-refractivity contribution in [2.24, 2.45) is 5.41 Å². The number of halogens is 2. The predicted octanol–water partition coefficient (Wildman–Crippen LogP) is 4.92. The lowest BCUT2D eigenvalue weighted by molar-refractivity contribution is -0.212.